The fourth-order valence-electron chi connectivity index (χ4n) is 3.29. The molecular formula is C16H12N2O8S2. The van der Waals surface area contributed by atoms with Gasteiger partial charge in [-0.05, 0) is 12.1 Å². The molecule has 2 aromatic carbocycles. The average Bonchev–Trinajstić information content (AvgIpc) is 3.07. The Bertz CT molecular complexity index is 1390. The third-order valence-electron chi connectivity index (χ3n) is 4.39. The first-order valence-electron chi connectivity index (χ1n) is 7.69. The molecule has 146 valence electrons. The van der Waals surface area contributed by atoms with E-state index in [1.54, 1.807) is 0 Å². The molecule has 12 heteroatoms. The van der Waals surface area contributed by atoms with Crippen LogP contribution in [0.15, 0.2) is 52.4 Å². The van der Waals surface area contributed by atoms with Crippen LogP contribution in [-0.2, 0) is 20.4 Å². The Hall–Kier alpha value is -2.77. The monoisotopic (exact) mass is 424 g/mol. The van der Waals surface area contributed by atoms with E-state index in [0.717, 1.165) is 6.07 Å². The van der Waals surface area contributed by atoms with Crippen molar-refractivity contribution in [2.45, 2.75) is 11.0 Å². The van der Waals surface area contributed by atoms with E-state index in [4.69, 9.17) is 0 Å². The van der Waals surface area contributed by atoms with E-state index in [-0.39, 0.29) is 37.4 Å². The number of fused-ring (bicyclic) bond motifs is 2. The van der Waals surface area contributed by atoms with Gasteiger partial charge >= 0.3 is 10.3 Å². The van der Waals surface area contributed by atoms with Crippen LogP contribution >= 0.6 is 0 Å². The highest BCUT2D eigenvalue weighted by molar-refractivity contribution is 7.86. The fraction of sp³-hybridized carbons (Fsp3) is 0.0625. The summed E-state index contributed by atoms with van der Waals surface area (Å²) in [4.78, 5) is 3.51. The molecule has 1 unspecified atom stereocenters. The molecule has 1 aliphatic heterocycles. The molecule has 2 heterocycles. The van der Waals surface area contributed by atoms with Gasteiger partial charge < -0.3 is 10.2 Å². The van der Waals surface area contributed by atoms with Crippen LogP contribution in [0.5, 0.6) is 5.88 Å². The van der Waals surface area contributed by atoms with Crippen LogP contribution in [0, 0.1) is 0 Å². The zero-order valence-corrected chi connectivity index (χ0v) is 15.4. The van der Waals surface area contributed by atoms with Crippen molar-refractivity contribution in [2.24, 2.45) is 4.99 Å². The number of aromatic hydroxyl groups is 1. The molecule has 0 fully saturated rings. The highest BCUT2D eigenvalue weighted by Crippen LogP contribution is 2.44. The molecule has 4 N–H and O–H groups in total. The molecule has 1 atom stereocenters. The Labute approximate surface area is 158 Å². The summed E-state index contributed by atoms with van der Waals surface area (Å²) < 4.78 is 65.8. The normalized spacial score (nSPS) is 17.0. The molecule has 4 rings (SSSR count). The maximum atomic E-state index is 11.7. The number of hydrogen-bond acceptors (Lipinski definition) is 7. The van der Waals surface area contributed by atoms with Crippen LogP contribution in [0.1, 0.15) is 17.2 Å². The fourth-order valence-corrected chi connectivity index (χ4v) is 4.67. The smallest absolute Gasteiger partial charge is 0.366 e. The van der Waals surface area contributed by atoms with Crippen molar-refractivity contribution in [1.82, 2.24) is 3.97 Å². The molecule has 1 aromatic heterocycles. The van der Waals surface area contributed by atoms with Crippen molar-refractivity contribution >= 4 is 42.7 Å². The zero-order chi connectivity index (χ0) is 20.4. The van der Waals surface area contributed by atoms with E-state index in [0.29, 0.717) is 0 Å². The molecule has 28 heavy (non-hydrogen) atoms. The first-order valence-corrected chi connectivity index (χ1v) is 10.5. The summed E-state index contributed by atoms with van der Waals surface area (Å²) in [6.45, 7) is 0. The SMILES string of the molecule is O=S(=O)(O)c1cccc2c1N=C(c1c(O)n(S(=O)(=O)O)c3ccccc13)C2O. The molecule has 0 saturated heterocycles. The Balaban J connectivity index is 2.07. The van der Waals surface area contributed by atoms with E-state index >= 15 is 0 Å². The maximum Gasteiger partial charge on any atom is 0.366 e. The van der Waals surface area contributed by atoms with Gasteiger partial charge in [-0.1, -0.05) is 30.3 Å². The molecule has 0 spiro atoms. The number of aliphatic hydroxyl groups is 1. The van der Waals surface area contributed by atoms with Crippen LogP contribution < -0.4 is 0 Å². The van der Waals surface area contributed by atoms with Crippen LogP contribution in [0.25, 0.3) is 10.9 Å². The van der Waals surface area contributed by atoms with E-state index < -0.39 is 37.3 Å². The predicted octanol–water partition coefficient (Wildman–Crippen LogP) is 1.41. The van der Waals surface area contributed by atoms with Gasteiger partial charge in [-0.2, -0.15) is 20.8 Å². The standard InChI is InChI=1S/C16H12N2O8S2/c19-15-9-5-3-7-11(27(21,22)23)13(9)17-14(15)12-8-4-1-2-6-10(8)18(16(12)20)28(24,25)26/h1-7,15,19-20H,(H,21,22,23)(H,24,25,26). The Morgan fingerprint density at radius 3 is 2.29 bits per heavy atom. The number of aromatic nitrogens is 1. The molecule has 0 amide bonds. The molecule has 0 saturated carbocycles. The third-order valence-corrected chi connectivity index (χ3v) is 6.11. The topological polar surface area (TPSA) is 166 Å². The van der Waals surface area contributed by atoms with Crippen molar-refractivity contribution < 1.29 is 36.2 Å². The highest BCUT2D eigenvalue weighted by Gasteiger charge is 2.36. The van der Waals surface area contributed by atoms with Crippen molar-refractivity contribution in [2.75, 3.05) is 0 Å². The van der Waals surface area contributed by atoms with E-state index in [1.165, 1.54) is 36.4 Å². The van der Waals surface area contributed by atoms with Crippen molar-refractivity contribution in [3.05, 3.63) is 53.6 Å². The number of aliphatic hydroxyl groups excluding tert-OH is 1. The summed E-state index contributed by atoms with van der Waals surface area (Å²) in [5, 5.41) is 21.3. The summed E-state index contributed by atoms with van der Waals surface area (Å²) in [7, 11) is -9.54. The largest absolute Gasteiger partial charge is 0.493 e. The van der Waals surface area contributed by atoms with Crippen LogP contribution in [0.4, 0.5) is 5.69 Å². The number of hydrogen-bond donors (Lipinski definition) is 4. The molecular weight excluding hydrogens is 412 g/mol. The number of benzene rings is 2. The highest BCUT2D eigenvalue weighted by atomic mass is 32.2. The van der Waals surface area contributed by atoms with Gasteiger partial charge in [0.15, 0.2) is 0 Å². The van der Waals surface area contributed by atoms with Crippen molar-refractivity contribution in [3.63, 3.8) is 0 Å². The van der Waals surface area contributed by atoms with Gasteiger partial charge in [0.2, 0.25) is 5.88 Å². The molecule has 3 aromatic rings. The van der Waals surface area contributed by atoms with Gasteiger partial charge in [-0.15, -0.1) is 0 Å². The summed E-state index contributed by atoms with van der Waals surface area (Å²) in [6, 6.07) is 9.55. The van der Waals surface area contributed by atoms with Gasteiger partial charge in [-0.3, -0.25) is 9.11 Å². The van der Waals surface area contributed by atoms with Crippen LogP contribution in [-0.4, -0.2) is 45.8 Å². The minimum absolute atomic E-state index is 0.0493. The first-order chi connectivity index (χ1) is 13.0. The van der Waals surface area contributed by atoms with Gasteiger partial charge in [0.25, 0.3) is 10.1 Å². The molecule has 10 nitrogen and oxygen atoms in total. The Kier molecular flexibility index (Phi) is 3.89. The maximum absolute atomic E-state index is 11.7. The van der Waals surface area contributed by atoms with Crippen LogP contribution in [0.2, 0.25) is 0 Å². The lowest BCUT2D eigenvalue weighted by Gasteiger charge is -2.08. The van der Waals surface area contributed by atoms with Gasteiger partial charge in [0.1, 0.15) is 11.0 Å². The Morgan fingerprint density at radius 1 is 0.964 bits per heavy atom. The van der Waals surface area contributed by atoms with Crippen molar-refractivity contribution in [1.29, 1.82) is 0 Å². The number of para-hydroxylation sites is 2. The summed E-state index contributed by atoms with van der Waals surface area (Å²) in [5.41, 5.74) is -0.678. The van der Waals surface area contributed by atoms with Gasteiger partial charge in [0.05, 0.1) is 22.5 Å². The van der Waals surface area contributed by atoms with Gasteiger partial charge in [-0.25, -0.2) is 4.99 Å². The van der Waals surface area contributed by atoms with Crippen LogP contribution in [0.3, 0.4) is 0 Å². The second kappa shape index (κ2) is 5.86. The summed E-state index contributed by atoms with van der Waals surface area (Å²) >= 11 is 0. The second-order valence-electron chi connectivity index (χ2n) is 6.03. The molecule has 0 aliphatic carbocycles. The molecule has 0 radical (unpaired) electrons. The van der Waals surface area contributed by atoms with Crippen molar-refractivity contribution in [3.8, 4) is 5.88 Å². The minimum atomic E-state index is -4.89. The number of rotatable bonds is 3. The number of nitrogens with zero attached hydrogens (tertiary/aromatic N) is 2. The predicted molar refractivity (Wildman–Crippen MR) is 98.0 cm³/mol. The lowest BCUT2D eigenvalue weighted by molar-refractivity contribution is 0.251. The quantitative estimate of drug-likeness (QED) is 0.458. The summed E-state index contributed by atoms with van der Waals surface area (Å²) in [5.74, 6) is -0.900. The lowest BCUT2D eigenvalue weighted by Crippen LogP contribution is -2.12. The van der Waals surface area contributed by atoms with E-state index in [1.807, 2.05) is 0 Å². The third kappa shape index (κ3) is 2.62. The Morgan fingerprint density at radius 2 is 1.64 bits per heavy atom. The zero-order valence-electron chi connectivity index (χ0n) is 13.8. The molecule has 0 bridgehead atoms. The van der Waals surface area contributed by atoms with E-state index in [9.17, 15) is 36.2 Å². The summed E-state index contributed by atoms with van der Waals surface area (Å²) in [6.07, 6.45) is -1.51. The lowest BCUT2D eigenvalue weighted by atomic mass is 10.0. The second-order valence-corrected chi connectivity index (χ2v) is 8.68. The minimum Gasteiger partial charge on any atom is -0.493 e. The van der Waals surface area contributed by atoms with E-state index in [2.05, 4.69) is 4.99 Å². The first kappa shape index (κ1) is 18.6. The average molecular weight is 424 g/mol. The van der Waals surface area contributed by atoms with Gasteiger partial charge in [0, 0.05) is 10.9 Å². The molecule has 1 aliphatic rings. The number of aliphatic imine (C=N–C) groups is 1.